The van der Waals surface area contributed by atoms with Crippen molar-refractivity contribution in [1.82, 2.24) is 0 Å². The molecule has 0 aliphatic rings. The summed E-state index contributed by atoms with van der Waals surface area (Å²) in [5.41, 5.74) is 5.22. The fourth-order valence-electron chi connectivity index (χ4n) is 1.10. The van der Waals surface area contributed by atoms with Crippen LogP contribution >= 0.6 is 0 Å². The Hall–Kier alpha value is -1.23. The molecule has 0 amide bonds. The Morgan fingerprint density at radius 2 is 1.93 bits per heavy atom. The molecule has 1 aromatic rings. The third-order valence-electron chi connectivity index (χ3n) is 2.00. The van der Waals surface area contributed by atoms with Gasteiger partial charge in [0.05, 0.1) is 0 Å². The molecule has 0 fully saturated rings. The SMILES string of the molecule is CC[C@H](N)c1cc(F)c(F)c(O)c1F. The van der Waals surface area contributed by atoms with Crippen molar-refractivity contribution in [2.45, 2.75) is 19.4 Å². The lowest BCUT2D eigenvalue weighted by Crippen LogP contribution is -2.12. The standard InChI is InChI=1S/C9H10F3NO/c1-2-6(13)4-3-5(10)8(12)9(14)7(4)11/h3,6,14H,2,13H2,1H3/t6-/m0/s1. The number of aromatic hydroxyl groups is 1. The van der Waals surface area contributed by atoms with Gasteiger partial charge in [-0.2, -0.15) is 4.39 Å². The van der Waals surface area contributed by atoms with Crippen molar-refractivity contribution in [3.05, 3.63) is 29.1 Å². The number of hydrogen-bond donors (Lipinski definition) is 2. The van der Waals surface area contributed by atoms with Crippen LogP contribution in [0.5, 0.6) is 5.75 Å². The average molecular weight is 205 g/mol. The van der Waals surface area contributed by atoms with Gasteiger partial charge in [0, 0.05) is 11.6 Å². The smallest absolute Gasteiger partial charge is 0.203 e. The van der Waals surface area contributed by atoms with Crippen LogP contribution in [0.1, 0.15) is 24.9 Å². The van der Waals surface area contributed by atoms with E-state index in [2.05, 4.69) is 0 Å². The first kappa shape index (κ1) is 10.8. The molecular weight excluding hydrogens is 195 g/mol. The summed E-state index contributed by atoms with van der Waals surface area (Å²) in [5.74, 6) is -5.40. The lowest BCUT2D eigenvalue weighted by Gasteiger charge is -2.11. The van der Waals surface area contributed by atoms with Crippen LogP contribution in [0.2, 0.25) is 0 Å². The van der Waals surface area contributed by atoms with Crippen LogP contribution in [0, 0.1) is 17.5 Å². The van der Waals surface area contributed by atoms with Crippen molar-refractivity contribution < 1.29 is 18.3 Å². The van der Waals surface area contributed by atoms with Crippen molar-refractivity contribution >= 4 is 0 Å². The summed E-state index contributed by atoms with van der Waals surface area (Å²) < 4.78 is 38.5. The quantitative estimate of drug-likeness (QED) is 0.727. The number of phenols is 1. The summed E-state index contributed by atoms with van der Waals surface area (Å²) in [4.78, 5) is 0. The molecule has 2 nitrogen and oxygen atoms in total. The maximum atomic E-state index is 13.1. The first-order valence-electron chi connectivity index (χ1n) is 4.11. The predicted molar refractivity (Wildman–Crippen MR) is 45.2 cm³/mol. The van der Waals surface area contributed by atoms with E-state index in [4.69, 9.17) is 10.8 Å². The van der Waals surface area contributed by atoms with Gasteiger partial charge < -0.3 is 10.8 Å². The van der Waals surface area contributed by atoms with Crippen LogP contribution in [0.25, 0.3) is 0 Å². The number of hydrogen-bond acceptors (Lipinski definition) is 2. The molecule has 3 N–H and O–H groups in total. The molecule has 0 saturated carbocycles. The van der Waals surface area contributed by atoms with Crippen molar-refractivity contribution in [1.29, 1.82) is 0 Å². The third kappa shape index (κ3) is 1.68. The Morgan fingerprint density at radius 3 is 2.43 bits per heavy atom. The minimum absolute atomic E-state index is 0.219. The average Bonchev–Trinajstić information content (AvgIpc) is 2.19. The second kappa shape index (κ2) is 3.88. The Balaban J connectivity index is 3.33. The van der Waals surface area contributed by atoms with Crippen LogP contribution in [0.15, 0.2) is 6.07 Å². The molecule has 0 radical (unpaired) electrons. The second-order valence-corrected chi connectivity index (χ2v) is 2.94. The maximum absolute atomic E-state index is 13.1. The van der Waals surface area contributed by atoms with Gasteiger partial charge in [-0.05, 0) is 12.5 Å². The minimum atomic E-state index is -1.59. The van der Waals surface area contributed by atoms with Gasteiger partial charge in [-0.25, -0.2) is 8.78 Å². The van der Waals surface area contributed by atoms with Gasteiger partial charge in [0.25, 0.3) is 0 Å². The fraction of sp³-hybridized carbons (Fsp3) is 0.333. The van der Waals surface area contributed by atoms with Crippen LogP contribution < -0.4 is 5.73 Å². The molecule has 1 aromatic carbocycles. The summed E-state index contributed by atoms with van der Waals surface area (Å²) >= 11 is 0. The molecule has 0 aliphatic heterocycles. The summed E-state index contributed by atoms with van der Waals surface area (Å²) in [7, 11) is 0. The predicted octanol–water partition coefficient (Wildman–Crippen LogP) is 2.22. The number of nitrogens with two attached hydrogens (primary N) is 1. The highest BCUT2D eigenvalue weighted by atomic mass is 19.2. The number of benzene rings is 1. The molecule has 14 heavy (non-hydrogen) atoms. The van der Waals surface area contributed by atoms with Crippen molar-refractivity contribution in [3.8, 4) is 5.75 Å². The van der Waals surface area contributed by atoms with Gasteiger partial charge in [0.15, 0.2) is 17.4 Å². The highest BCUT2D eigenvalue weighted by Crippen LogP contribution is 2.29. The number of phenolic OH excluding ortho intramolecular Hbond substituents is 1. The molecule has 1 rings (SSSR count). The molecule has 0 unspecified atom stereocenters. The molecule has 1 atom stereocenters. The van der Waals surface area contributed by atoms with Gasteiger partial charge in [-0.3, -0.25) is 0 Å². The fourth-order valence-corrected chi connectivity index (χ4v) is 1.10. The maximum Gasteiger partial charge on any atom is 0.203 e. The van der Waals surface area contributed by atoms with E-state index in [9.17, 15) is 13.2 Å². The van der Waals surface area contributed by atoms with Crippen molar-refractivity contribution in [2.24, 2.45) is 5.73 Å². The number of halogens is 3. The van der Waals surface area contributed by atoms with Gasteiger partial charge in [-0.1, -0.05) is 6.92 Å². The summed E-state index contributed by atoms with van der Waals surface area (Å²) in [6.45, 7) is 1.67. The summed E-state index contributed by atoms with van der Waals surface area (Å²) in [6, 6.07) is -0.0885. The highest BCUT2D eigenvalue weighted by molar-refractivity contribution is 5.34. The summed E-state index contributed by atoms with van der Waals surface area (Å²) in [5, 5.41) is 8.87. The number of rotatable bonds is 2. The van der Waals surface area contributed by atoms with Gasteiger partial charge in [-0.15, -0.1) is 0 Å². The van der Waals surface area contributed by atoms with Gasteiger partial charge in [0.1, 0.15) is 0 Å². The zero-order chi connectivity index (χ0) is 10.9. The monoisotopic (exact) mass is 205 g/mol. The molecule has 0 heterocycles. The Bertz CT molecular complexity index is 354. The van der Waals surface area contributed by atoms with Crippen LogP contribution in [0.3, 0.4) is 0 Å². The van der Waals surface area contributed by atoms with E-state index in [1.165, 1.54) is 0 Å². The topological polar surface area (TPSA) is 46.2 Å². The molecule has 78 valence electrons. The van der Waals surface area contributed by atoms with Crippen molar-refractivity contribution in [3.63, 3.8) is 0 Å². The van der Waals surface area contributed by atoms with E-state index < -0.39 is 29.2 Å². The van der Waals surface area contributed by atoms with E-state index in [0.29, 0.717) is 12.5 Å². The Labute approximate surface area is 79.2 Å². The first-order chi connectivity index (χ1) is 6.49. The molecular formula is C9H10F3NO. The largest absolute Gasteiger partial charge is 0.503 e. The molecule has 5 heteroatoms. The lowest BCUT2D eigenvalue weighted by atomic mass is 10.0. The zero-order valence-electron chi connectivity index (χ0n) is 7.52. The highest BCUT2D eigenvalue weighted by Gasteiger charge is 2.20. The molecule has 0 aliphatic carbocycles. The normalized spacial score (nSPS) is 12.9. The minimum Gasteiger partial charge on any atom is -0.503 e. The van der Waals surface area contributed by atoms with Crippen LogP contribution in [-0.2, 0) is 0 Å². The van der Waals surface area contributed by atoms with Crippen molar-refractivity contribution in [2.75, 3.05) is 0 Å². The van der Waals surface area contributed by atoms with E-state index >= 15 is 0 Å². The van der Waals surface area contributed by atoms with Crippen LogP contribution in [-0.4, -0.2) is 5.11 Å². The zero-order valence-corrected chi connectivity index (χ0v) is 7.52. The third-order valence-corrected chi connectivity index (χ3v) is 2.00. The molecule has 0 saturated heterocycles. The Kier molecular flexibility index (Phi) is 3.00. The van der Waals surface area contributed by atoms with Crippen LogP contribution in [0.4, 0.5) is 13.2 Å². The van der Waals surface area contributed by atoms with Gasteiger partial charge in [0.2, 0.25) is 5.82 Å². The molecule has 0 spiro atoms. The summed E-state index contributed by atoms with van der Waals surface area (Å²) in [6.07, 6.45) is 0.363. The second-order valence-electron chi connectivity index (χ2n) is 2.94. The first-order valence-corrected chi connectivity index (χ1v) is 4.11. The Morgan fingerprint density at radius 1 is 1.36 bits per heavy atom. The molecule has 0 bridgehead atoms. The molecule has 0 aromatic heterocycles. The van der Waals surface area contributed by atoms with E-state index in [1.807, 2.05) is 0 Å². The lowest BCUT2D eigenvalue weighted by molar-refractivity contribution is 0.370. The van der Waals surface area contributed by atoms with E-state index in [-0.39, 0.29) is 5.56 Å². The van der Waals surface area contributed by atoms with E-state index in [0.717, 1.165) is 0 Å². The van der Waals surface area contributed by atoms with E-state index in [1.54, 1.807) is 6.92 Å². The van der Waals surface area contributed by atoms with Gasteiger partial charge >= 0.3 is 0 Å².